The molecular weight excluding hydrogens is 234 g/mol. The van der Waals surface area contributed by atoms with Gasteiger partial charge in [-0.1, -0.05) is 48.0 Å². The molecule has 1 atom stereocenters. The molecule has 0 saturated carbocycles. The third kappa shape index (κ3) is 2.86. The predicted molar refractivity (Wildman–Crippen MR) is 70.9 cm³/mol. The standard InChI is InChI=1S/C14H14ClNO/c15-13-3-1-2-12(8-13)10-4-6-11(7-5-10)14(16)9-17/h1-8,14,17H,9,16H2/t14-/m1/s1. The fourth-order valence-corrected chi connectivity index (χ4v) is 1.89. The largest absolute Gasteiger partial charge is 0.394 e. The zero-order valence-corrected chi connectivity index (χ0v) is 10.1. The average molecular weight is 248 g/mol. The number of benzene rings is 2. The van der Waals surface area contributed by atoms with Gasteiger partial charge in [-0.05, 0) is 28.8 Å². The highest BCUT2D eigenvalue weighted by Crippen LogP contribution is 2.23. The Morgan fingerprint density at radius 3 is 2.35 bits per heavy atom. The van der Waals surface area contributed by atoms with Gasteiger partial charge in [0, 0.05) is 5.02 Å². The van der Waals surface area contributed by atoms with E-state index >= 15 is 0 Å². The molecule has 2 rings (SSSR count). The highest BCUT2D eigenvalue weighted by atomic mass is 35.5. The van der Waals surface area contributed by atoms with Gasteiger partial charge >= 0.3 is 0 Å². The molecule has 0 spiro atoms. The van der Waals surface area contributed by atoms with Crippen molar-refractivity contribution in [2.45, 2.75) is 6.04 Å². The van der Waals surface area contributed by atoms with Crippen molar-refractivity contribution in [1.82, 2.24) is 0 Å². The molecule has 0 aliphatic carbocycles. The number of aliphatic hydroxyl groups is 1. The van der Waals surface area contributed by atoms with Gasteiger partial charge in [-0.25, -0.2) is 0 Å². The van der Waals surface area contributed by atoms with Gasteiger partial charge in [0.1, 0.15) is 0 Å². The Bertz CT molecular complexity index is 496. The molecule has 0 heterocycles. The van der Waals surface area contributed by atoms with Crippen LogP contribution >= 0.6 is 11.6 Å². The van der Waals surface area contributed by atoms with Gasteiger partial charge in [0.2, 0.25) is 0 Å². The van der Waals surface area contributed by atoms with E-state index in [-0.39, 0.29) is 12.6 Å². The first-order chi connectivity index (χ1) is 8.20. The molecule has 0 amide bonds. The van der Waals surface area contributed by atoms with Crippen LogP contribution in [0.15, 0.2) is 48.5 Å². The summed E-state index contributed by atoms with van der Waals surface area (Å²) in [6.07, 6.45) is 0. The van der Waals surface area contributed by atoms with Crippen LogP contribution in [-0.4, -0.2) is 11.7 Å². The summed E-state index contributed by atoms with van der Waals surface area (Å²) in [4.78, 5) is 0. The lowest BCUT2D eigenvalue weighted by atomic mass is 10.0. The molecule has 2 aromatic carbocycles. The van der Waals surface area contributed by atoms with E-state index in [1.165, 1.54) is 0 Å². The van der Waals surface area contributed by atoms with E-state index in [0.717, 1.165) is 21.7 Å². The normalized spacial score (nSPS) is 12.4. The Morgan fingerprint density at radius 2 is 1.76 bits per heavy atom. The zero-order valence-electron chi connectivity index (χ0n) is 9.31. The van der Waals surface area contributed by atoms with Gasteiger partial charge in [0.15, 0.2) is 0 Å². The minimum absolute atomic E-state index is 0.0451. The predicted octanol–water partition coefficient (Wildman–Crippen LogP) is 3.00. The molecule has 3 N–H and O–H groups in total. The summed E-state index contributed by atoms with van der Waals surface area (Å²) < 4.78 is 0. The second-order valence-corrected chi connectivity index (χ2v) is 4.36. The smallest absolute Gasteiger partial charge is 0.0624 e. The molecule has 2 aromatic rings. The third-order valence-electron chi connectivity index (χ3n) is 2.69. The van der Waals surface area contributed by atoms with Crippen LogP contribution < -0.4 is 5.73 Å². The summed E-state index contributed by atoms with van der Waals surface area (Å²) in [5.74, 6) is 0. The number of nitrogens with two attached hydrogens (primary N) is 1. The maximum absolute atomic E-state index is 8.97. The molecular formula is C14H14ClNO. The van der Waals surface area contributed by atoms with Crippen molar-refractivity contribution in [2.75, 3.05) is 6.61 Å². The molecule has 2 nitrogen and oxygen atoms in total. The van der Waals surface area contributed by atoms with Gasteiger partial charge in [0.25, 0.3) is 0 Å². The molecule has 0 saturated heterocycles. The van der Waals surface area contributed by atoms with E-state index in [1.54, 1.807) is 0 Å². The number of hydrogen-bond donors (Lipinski definition) is 2. The van der Waals surface area contributed by atoms with Crippen LogP contribution in [0.2, 0.25) is 5.02 Å². The van der Waals surface area contributed by atoms with Gasteiger partial charge in [-0.3, -0.25) is 0 Å². The molecule has 0 bridgehead atoms. The van der Waals surface area contributed by atoms with Crippen LogP contribution in [-0.2, 0) is 0 Å². The molecule has 88 valence electrons. The Labute approximate surface area is 106 Å². The van der Waals surface area contributed by atoms with Crippen LogP contribution in [0, 0.1) is 0 Å². The van der Waals surface area contributed by atoms with Crippen LogP contribution in [0.1, 0.15) is 11.6 Å². The van der Waals surface area contributed by atoms with Gasteiger partial charge in [-0.15, -0.1) is 0 Å². The van der Waals surface area contributed by atoms with Crippen molar-refractivity contribution in [1.29, 1.82) is 0 Å². The van der Waals surface area contributed by atoms with Crippen molar-refractivity contribution in [3.8, 4) is 11.1 Å². The van der Waals surface area contributed by atoms with Crippen molar-refractivity contribution < 1.29 is 5.11 Å². The van der Waals surface area contributed by atoms with Crippen LogP contribution in [0.4, 0.5) is 0 Å². The monoisotopic (exact) mass is 247 g/mol. The SMILES string of the molecule is N[C@H](CO)c1ccc(-c2cccc(Cl)c2)cc1. The summed E-state index contributed by atoms with van der Waals surface area (Å²) in [5, 5.41) is 9.69. The first-order valence-corrected chi connectivity index (χ1v) is 5.81. The third-order valence-corrected chi connectivity index (χ3v) is 2.93. The van der Waals surface area contributed by atoms with E-state index in [2.05, 4.69) is 0 Å². The summed E-state index contributed by atoms with van der Waals surface area (Å²) >= 11 is 5.95. The summed E-state index contributed by atoms with van der Waals surface area (Å²) in [6.45, 7) is -0.0451. The lowest BCUT2D eigenvalue weighted by Gasteiger charge is -2.09. The Morgan fingerprint density at radius 1 is 1.06 bits per heavy atom. The van der Waals surface area contributed by atoms with Gasteiger partial charge in [0.05, 0.1) is 12.6 Å². The maximum Gasteiger partial charge on any atom is 0.0624 e. The van der Waals surface area contributed by atoms with E-state index in [4.69, 9.17) is 22.4 Å². The lowest BCUT2D eigenvalue weighted by molar-refractivity contribution is 0.268. The van der Waals surface area contributed by atoms with Crippen molar-refractivity contribution in [2.24, 2.45) is 5.73 Å². The van der Waals surface area contributed by atoms with Crippen molar-refractivity contribution in [3.63, 3.8) is 0 Å². The quantitative estimate of drug-likeness (QED) is 0.876. The molecule has 0 aromatic heterocycles. The minimum atomic E-state index is -0.316. The molecule has 17 heavy (non-hydrogen) atoms. The minimum Gasteiger partial charge on any atom is -0.394 e. The first kappa shape index (κ1) is 12.1. The summed E-state index contributed by atoms with van der Waals surface area (Å²) in [5.41, 5.74) is 8.82. The molecule has 0 aliphatic rings. The Hall–Kier alpha value is -1.35. The van der Waals surface area contributed by atoms with Crippen LogP contribution in [0.5, 0.6) is 0 Å². The number of aliphatic hydroxyl groups excluding tert-OH is 1. The average Bonchev–Trinajstić information content (AvgIpc) is 2.38. The van der Waals surface area contributed by atoms with E-state index in [0.29, 0.717) is 0 Å². The number of hydrogen-bond acceptors (Lipinski definition) is 2. The molecule has 0 aliphatic heterocycles. The maximum atomic E-state index is 8.97. The Balaban J connectivity index is 2.29. The number of rotatable bonds is 3. The first-order valence-electron chi connectivity index (χ1n) is 5.43. The second kappa shape index (κ2) is 5.32. The highest BCUT2D eigenvalue weighted by Gasteiger charge is 2.04. The second-order valence-electron chi connectivity index (χ2n) is 3.92. The topological polar surface area (TPSA) is 46.2 Å². The van der Waals surface area contributed by atoms with Crippen LogP contribution in [0.3, 0.4) is 0 Å². The molecule has 0 radical (unpaired) electrons. The van der Waals surface area contributed by atoms with Gasteiger partial charge < -0.3 is 10.8 Å². The van der Waals surface area contributed by atoms with Crippen LogP contribution in [0.25, 0.3) is 11.1 Å². The molecule has 3 heteroatoms. The van der Waals surface area contributed by atoms with Crippen molar-refractivity contribution in [3.05, 3.63) is 59.1 Å². The fourth-order valence-electron chi connectivity index (χ4n) is 1.70. The summed E-state index contributed by atoms with van der Waals surface area (Å²) in [6, 6.07) is 15.2. The lowest BCUT2D eigenvalue weighted by Crippen LogP contribution is -2.14. The zero-order chi connectivity index (χ0) is 12.3. The molecule has 0 unspecified atom stereocenters. The van der Waals surface area contributed by atoms with E-state index in [1.807, 2.05) is 48.5 Å². The molecule has 0 fully saturated rings. The van der Waals surface area contributed by atoms with Gasteiger partial charge in [-0.2, -0.15) is 0 Å². The number of halogens is 1. The van der Waals surface area contributed by atoms with E-state index < -0.39 is 0 Å². The summed E-state index contributed by atoms with van der Waals surface area (Å²) in [7, 11) is 0. The Kier molecular flexibility index (Phi) is 3.79. The van der Waals surface area contributed by atoms with Crippen molar-refractivity contribution >= 4 is 11.6 Å². The highest BCUT2D eigenvalue weighted by molar-refractivity contribution is 6.30. The van der Waals surface area contributed by atoms with E-state index in [9.17, 15) is 0 Å². The fraction of sp³-hybridized carbons (Fsp3) is 0.143.